The summed E-state index contributed by atoms with van der Waals surface area (Å²) >= 11 is 0. The minimum absolute atomic E-state index is 0.0166. The fourth-order valence-electron chi connectivity index (χ4n) is 2.70. The largest absolute Gasteiger partial charge is 0.388 e. The van der Waals surface area contributed by atoms with E-state index in [1.165, 1.54) is 6.07 Å². The summed E-state index contributed by atoms with van der Waals surface area (Å²) in [6, 6.07) is 6.27. The van der Waals surface area contributed by atoms with Gasteiger partial charge in [0.2, 0.25) is 5.91 Å². The molecule has 0 atom stereocenters. The van der Waals surface area contributed by atoms with Crippen LogP contribution in [0, 0.1) is 5.82 Å². The summed E-state index contributed by atoms with van der Waals surface area (Å²) < 4.78 is 13.4. The first-order chi connectivity index (χ1) is 9.59. The Morgan fingerprint density at radius 1 is 1.20 bits per heavy atom. The highest BCUT2D eigenvalue weighted by Gasteiger charge is 2.28. The average Bonchev–Trinajstić information content (AvgIpc) is 2.65. The summed E-state index contributed by atoms with van der Waals surface area (Å²) in [4.78, 5) is 11.8. The lowest BCUT2D eigenvalue weighted by Crippen LogP contribution is -2.43. The number of nitrogens with one attached hydrogen (secondary N) is 1. The lowest BCUT2D eigenvalue weighted by Gasteiger charge is -2.26. The second-order valence-electron chi connectivity index (χ2n) is 5.68. The molecule has 0 spiro atoms. The number of rotatable bonds is 4. The van der Waals surface area contributed by atoms with Gasteiger partial charge in [0.05, 0.1) is 12.0 Å². The predicted octanol–water partition coefficient (Wildman–Crippen LogP) is 2.57. The number of aliphatic hydroxyl groups is 1. The van der Waals surface area contributed by atoms with E-state index in [0.29, 0.717) is 5.56 Å². The molecular weight excluding hydrogens is 257 g/mol. The Bertz CT molecular complexity index is 454. The van der Waals surface area contributed by atoms with Gasteiger partial charge in [0.1, 0.15) is 5.82 Å². The van der Waals surface area contributed by atoms with Crippen molar-refractivity contribution in [2.75, 3.05) is 6.54 Å². The maximum Gasteiger partial charge on any atom is 0.224 e. The van der Waals surface area contributed by atoms with Crippen LogP contribution in [0.15, 0.2) is 24.3 Å². The van der Waals surface area contributed by atoms with Gasteiger partial charge in [-0.15, -0.1) is 0 Å². The maximum atomic E-state index is 13.4. The van der Waals surface area contributed by atoms with E-state index < -0.39 is 5.60 Å². The number of carbonyl (C=O) groups excluding carboxylic acids is 1. The van der Waals surface area contributed by atoms with Crippen molar-refractivity contribution in [2.45, 2.75) is 50.5 Å². The van der Waals surface area contributed by atoms with E-state index in [9.17, 15) is 14.3 Å². The third-order valence-electron chi connectivity index (χ3n) is 3.96. The van der Waals surface area contributed by atoms with Crippen molar-refractivity contribution in [1.29, 1.82) is 0 Å². The maximum absolute atomic E-state index is 13.4. The van der Waals surface area contributed by atoms with E-state index in [1.54, 1.807) is 18.2 Å². The molecule has 0 radical (unpaired) electrons. The molecule has 0 heterocycles. The van der Waals surface area contributed by atoms with Gasteiger partial charge in [-0.2, -0.15) is 0 Å². The Balaban J connectivity index is 1.84. The van der Waals surface area contributed by atoms with Crippen LogP contribution in [0.1, 0.15) is 44.1 Å². The van der Waals surface area contributed by atoms with Crippen molar-refractivity contribution in [3.63, 3.8) is 0 Å². The normalized spacial score (nSPS) is 18.3. The summed E-state index contributed by atoms with van der Waals surface area (Å²) in [5.74, 6) is -0.608. The standard InChI is InChI=1S/C16H22FNO2/c17-14-8-4-3-7-13(14)11-15(19)18-12-16(20)9-5-1-2-6-10-16/h3-4,7-8,20H,1-2,5-6,9-12H2,(H,18,19). The van der Waals surface area contributed by atoms with Crippen molar-refractivity contribution < 1.29 is 14.3 Å². The quantitative estimate of drug-likeness (QED) is 0.832. The van der Waals surface area contributed by atoms with Gasteiger partial charge in [0, 0.05) is 6.54 Å². The van der Waals surface area contributed by atoms with Gasteiger partial charge in [0.15, 0.2) is 0 Å². The van der Waals surface area contributed by atoms with Crippen molar-refractivity contribution in [1.82, 2.24) is 5.32 Å². The molecule has 1 amide bonds. The van der Waals surface area contributed by atoms with E-state index >= 15 is 0 Å². The van der Waals surface area contributed by atoms with Gasteiger partial charge < -0.3 is 10.4 Å². The van der Waals surface area contributed by atoms with Crippen LogP contribution >= 0.6 is 0 Å². The zero-order chi connectivity index (χ0) is 14.4. The Labute approximate surface area is 119 Å². The van der Waals surface area contributed by atoms with Crippen LogP contribution in [0.25, 0.3) is 0 Å². The average molecular weight is 279 g/mol. The highest BCUT2D eigenvalue weighted by molar-refractivity contribution is 5.78. The Morgan fingerprint density at radius 2 is 1.85 bits per heavy atom. The van der Waals surface area contributed by atoms with Crippen LogP contribution in [0.5, 0.6) is 0 Å². The zero-order valence-electron chi connectivity index (χ0n) is 11.7. The SMILES string of the molecule is O=C(Cc1ccccc1F)NCC1(O)CCCCCC1. The molecule has 1 aliphatic rings. The number of hydrogen-bond acceptors (Lipinski definition) is 2. The second-order valence-corrected chi connectivity index (χ2v) is 5.68. The molecule has 1 aromatic rings. The van der Waals surface area contributed by atoms with Crippen molar-refractivity contribution in [2.24, 2.45) is 0 Å². The molecule has 0 unspecified atom stereocenters. The number of carbonyl (C=O) groups is 1. The molecule has 1 fully saturated rings. The third-order valence-corrected chi connectivity index (χ3v) is 3.96. The molecule has 1 saturated carbocycles. The van der Waals surface area contributed by atoms with Crippen molar-refractivity contribution in [3.8, 4) is 0 Å². The minimum atomic E-state index is -0.790. The number of amides is 1. The van der Waals surface area contributed by atoms with Crippen LogP contribution in [-0.2, 0) is 11.2 Å². The molecule has 20 heavy (non-hydrogen) atoms. The van der Waals surface area contributed by atoms with Crippen LogP contribution < -0.4 is 5.32 Å². The third kappa shape index (κ3) is 4.30. The zero-order valence-corrected chi connectivity index (χ0v) is 11.7. The summed E-state index contributed by atoms with van der Waals surface area (Å²) in [6.07, 6.45) is 5.76. The molecule has 110 valence electrons. The minimum Gasteiger partial charge on any atom is -0.388 e. The van der Waals surface area contributed by atoms with Gasteiger partial charge in [-0.25, -0.2) is 4.39 Å². The van der Waals surface area contributed by atoms with Gasteiger partial charge in [0.25, 0.3) is 0 Å². The molecule has 3 nitrogen and oxygen atoms in total. The summed E-state index contributed by atoms with van der Waals surface area (Å²) in [6.45, 7) is 0.264. The Kier molecular flexibility index (Phi) is 5.12. The molecule has 1 aromatic carbocycles. The van der Waals surface area contributed by atoms with Crippen molar-refractivity contribution >= 4 is 5.91 Å². The first-order valence-corrected chi connectivity index (χ1v) is 7.32. The monoisotopic (exact) mass is 279 g/mol. The molecule has 2 N–H and O–H groups in total. The lowest BCUT2D eigenvalue weighted by atomic mass is 9.94. The fourth-order valence-corrected chi connectivity index (χ4v) is 2.70. The molecular formula is C16H22FNO2. The summed E-state index contributed by atoms with van der Waals surface area (Å²) in [5.41, 5.74) is -0.403. The first-order valence-electron chi connectivity index (χ1n) is 7.32. The lowest BCUT2D eigenvalue weighted by molar-refractivity contribution is -0.121. The number of hydrogen-bond donors (Lipinski definition) is 2. The first kappa shape index (κ1) is 15.0. The van der Waals surface area contributed by atoms with Crippen molar-refractivity contribution in [3.05, 3.63) is 35.6 Å². The van der Waals surface area contributed by atoms with Crippen LogP contribution in [0.4, 0.5) is 4.39 Å². The van der Waals surface area contributed by atoms with Gasteiger partial charge in [-0.3, -0.25) is 4.79 Å². The highest BCUT2D eigenvalue weighted by atomic mass is 19.1. The molecule has 0 aliphatic heterocycles. The molecule has 4 heteroatoms. The highest BCUT2D eigenvalue weighted by Crippen LogP contribution is 2.26. The summed E-state index contributed by atoms with van der Waals surface area (Å²) in [7, 11) is 0. The summed E-state index contributed by atoms with van der Waals surface area (Å²) in [5, 5.41) is 13.2. The van der Waals surface area contributed by atoms with Crippen LogP contribution in [0.2, 0.25) is 0 Å². The topological polar surface area (TPSA) is 49.3 Å². The van der Waals surface area contributed by atoms with Crippen LogP contribution in [-0.4, -0.2) is 23.2 Å². The molecule has 1 aliphatic carbocycles. The number of halogens is 1. The van der Waals surface area contributed by atoms with E-state index in [0.717, 1.165) is 38.5 Å². The van der Waals surface area contributed by atoms with Gasteiger partial charge in [-0.05, 0) is 24.5 Å². The van der Waals surface area contributed by atoms with Gasteiger partial charge in [-0.1, -0.05) is 43.9 Å². The second kappa shape index (κ2) is 6.84. The van der Waals surface area contributed by atoms with E-state index in [1.807, 2.05) is 0 Å². The fraction of sp³-hybridized carbons (Fsp3) is 0.562. The predicted molar refractivity (Wildman–Crippen MR) is 75.8 cm³/mol. The van der Waals surface area contributed by atoms with Crippen LogP contribution in [0.3, 0.4) is 0 Å². The molecule has 0 aromatic heterocycles. The molecule has 0 bridgehead atoms. The van der Waals surface area contributed by atoms with E-state index in [-0.39, 0.29) is 24.7 Å². The van der Waals surface area contributed by atoms with Gasteiger partial charge >= 0.3 is 0 Å². The smallest absolute Gasteiger partial charge is 0.224 e. The molecule has 2 rings (SSSR count). The van der Waals surface area contributed by atoms with E-state index in [2.05, 4.69) is 5.32 Å². The van der Waals surface area contributed by atoms with E-state index in [4.69, 9.17) is 0 Å². The molecule has 0 saturated heterocycles. The Hall–Kier alpha value is -1.42. The Morgan fingerprint density at radius 3 is 2.50 bits per heavy atom. The number of benzene rings is 1.